The van der Waals surface area contributed by atoms with Crippen LogP contribution < -0.4 is 9.64 Å². The van der Waals surface area contributed by atoms with E-state index in [2.05, 4.69) is 10.00 Å². The van der Waals surface area contributed by atoms with Crippen LogP contribution in [-0.4, -0.2) is 52.3 Å². The number of alkyl halides is 3. The maximum atomic E-state index is 13.9. The van der Waals surface area contributed by atoms with Gasteiger partial charge in [0.15, 0.2) is 5.69 Å². The number of methoxy groups -OCH3 is 1. The summed E-state index contributed by atoms with van der Waals surface area (Å²) in [5, 5.41) is 4.48. The van der Waals surface area contributed by atoms with Crippen molar-refractivity contribution in [2.24, 2.45) is 7.05 Å². The summed E-state index contributed by atoms with van der Waals surface area (Å²) < 4.78 is 48.1. The number of pyridine rings is 1. The number of aromatic nitrogens is 3. The normalized spacial score (nSPS) is 16.4. The van der Waals surface area contributed by atoms with Gasteiger partial charge in [0.25, 0.3) is 5.91 Å². The molecule has 2 aliphatic rings. The summed E-state index contributed by atoms with van der Waals surface area (Å²) in [6.45, 7) is 3.14. The van der Waals surface area contributed by atoms with E-state index in [0.717, 1.165) is 40.8 Å². The maximum Gasteiger partial charge on any atom is 0.435 e. The van der Waals surface area contributed by atoms with Gasteiger partial charge in [0.1, 0.15) is 5.75 Å². The molecule has 0 bridgehead atoms. The molecule has 2 aromatic carbocycles. The number of amides is 1. The molecule has 1 saturated heterocycles. The molecule has 4 aromatic rings. The highest BCUT2D eigenvalue weighted by Crippen LogP contribution is 2.40. The van der Waals surface area contributed by atoms with Crippen LogP contribution in [0.2, 0.25) is 0 Å². The predicted octanol–water partition coefficient (Wildman–Crippen LogP) is 5.85. The van der Waals surface area contributed by atoms with Crippen LogP contribution in [0.25, 0.3) is 22.0 Å². The first-order chi connectivity index (χ1) is 19.2. The summed E-state index contributed by atoms with van der Waals surface area (Å²) in [4.78, 5) is 22.7. The second kappa shape index (κ2) is 10.2. The van der Waals surface area contributed by atoms with E-state index in [9.17, 15) is 18.0 Å². The standard InChI is InChI=1S/C30H30F3N5O2/c1-36-18-25(28(35-36)30(31,32)33)21-7-6-8-23-22(21)10-14-38(29(23)39)26-9-11-34-27-19(15-20(40-2)16-24(26)27)17-37-12-4-3-5-13-37/h6-9,11,15-16,18H,3-5,10,12-14,17H2,1-2H3. The number of nitrogens with zero attached hydrogens (tertiary/aromatic N) is 5. The lowest BCUT2D eigenvalue weighted by Crippen LogP contribution is -2.38. The van der Waals surface area contributed by atoms with E-state index in [4.69, 9.17) is 9.72 Å². The molecule has 0 atom stereocenters. The third-order valence-electron chi connectivity index (χ3n) is 7.87. The van der Waals surface area contributed by atoms with E-state index in [1.807, 2.05) is 18.2 Å². The van der Waals surface area contributed by atoms with E-state index in [1.165, 1.54) is 32.5 Å². The van der Waals surface area contributed by atoms with Crippen LogP contribution in [0.3, 0.4) is 0 Å². The van der Waals surface area contributed by atoms with Crippen molar-refractivity contribution in [2.45, 2.75) is 38.4 Å². The molecule has 0 spiro atoms. The second-order valence-electron chi connectivity index (χ2n) is 10.5. The zero-order valence-electron chi connectivity index (χ0n) is 22.5. The fourth-order valence-electron chi connectivity index (χ4n) is 6.02. The first kappa shape index (κ1) is 26.3. The van der Waals surface area contributed by atoms with Gasteiger partial charge in [-0.05, 0) is 73.3 Å². The van der Waals surface area contributed by atoms with E-state index >= 15 is 0 Å². The van der Waals surface area contributed by atoms with Gasteiger partial charge in [-0.3, -0.25) is 19.4 Å². The van der Waals surface area contributed by atoms with Crippen LogP contribution in [0.15, 0.2) is 48.8 Å². The van der Waals surface area contributed by atoms with Crippen molar-refractivity contribution in [1.82, 2.24) is 19.7 Å². The van der Waals surface area contributed by atoms with Gasteiger partial charge in [0.05, 0.1) is 18.3 Å². The van der Waals surface area contributed by atoms with Crippen LogP contribution >= 0.6 is 0 Å². The van der Waals surface area contributed by atoms with Crippen LogP contribution in [0.5, 0.6) is 5.75 Å². The molecule has 208 valence electrons. The van der Waals surface area contributed by atoms with Crippen LogP contribution in [0.1, 0.15) is 46.4 Å². The third kappa shape index (κ3) is 4.70. The Balaban J connectivity index is 1.41. The Bertz CT molecular complexity index is 1590. The Kier molecular flexibility index (Phi) is 6.74. The maximum absolute atomic E-state index is 13.9. The fraction of sp³-hybridized carbons (Fsp3) is 0.367. The third-order valence-corrected chi connectivity index (χ3v) is 7.87. The summed E-state index contributed by atoms with van der Waals surface area (Å²) in [6, 6.07) is 10.7. The molecule has 1 fully saturated rings. The highest BCUT2D eigenvalue weighted by atomic mass is 19.4. The molecule has 4 heterocycles. The van der Waals surface area contributed by atoms with E-state index in [-0.39, 0.29) is 11.5 Å². The first-order valence-corrected chi connectivity index (χ1v) is 13.5. The van der Waals surface area contributed by atoms with E-state index < -0.39 is 11.9 Å². The van der Waals surface area contributed by atoms with E-state index in [1.54, 1.807) is 36.4 Å². The highest BCUT2D eigenvalue weighted by molar-refractivity contribution is 6.13. The number of fused-ring (bicyclic) bond motifs is 2. The van der Waals surface area contributed by atoms with Crippen molar-refractivity contribution in [3.63, 3.8) is 0 Å². The molecule has 10 heteroatoms. The minimum absolute atomic E-state index is 0.0189. The van der Waals surface area contributed by atoms with Gasteiger partial charge in [0, 0.05) is 49.0 Å². The number of anilines is 1. The number of aryl methyl sites for hydroxylation is 1. The minimum Gasteiger partial charge on any atom is -0.497 e. The lowest BCUT2D eigenvalue weighted by Gasteiger charge is -2.31. The van der Waals surface area contributed by atoms with Gasteiger partial charge >= 0.3 is 6.18 Å². The summed E-state index contributed by atoms with van der Waals surface area (Å²) in [6.07, 6.45) is 2.47. The number of rotatable bonds is 5. The predicted molar refractivity (Wildman–Crippen MR) is 146 cm³/mol. The number of likely N-dealkylation sites (tertiary alicyclic amines) is 1. The van der Waals surface area contributed by atoms with Crippen molar-refractivity contribution in [2.75, 3.05) is 31.6 Å². The number of halogens is 3. The number of carbonyl (C=O) groups excluding carboxylic acids is 1. The molecule has 0 unspecified atom stereocenters. The first-order valence-electron chi connectivity index (χ1n) is 13.5. The Morgan fingerprint density at radius 3 is 2.52 bits per heavy atom. The van der Waals surface area contributed by atoms with Crippen LogP contribution in [0, 0.1) is 0 Å². The van der Waals surface area contributed by atoms with Gasteiger partial charge in [-0.25, -0.2) is 0 Å². The van der Waals surface area contributed by atoms with Gasteiger partial charge in [-0.15, -0.1) is 0 Å². The van der Waals surface area contributed by atoms with Crippen LogP contribution in [-0.2, 0) is 26.2 Å². The Morgan fingerprint density at radius 1 is 1.00 bits per heavy atom. The summed E-state index contributed by atoms with van der Waals surface area (Å²) in [5.74, 6) is 0.436. The Morgan fingerprint density at radius 2 is 1.77 bits per heavy atom. The minimum atomic E-state index is -4.61. The Hall–Kier alpha value is -3.92. The monoisotopic (exact) mass is 549 g/mol. The van der Waals surface area contributed by atoms with Crippen molar-refractivity contribution >= 4 is 22.5 Å². The SMILES string of the molecule is COc1cc(CN2CCCCC2)c2nccc(N3CCc4c(cccc4-c4cn(C)nc4C(F)(F)F)C3=O)c2c1. The Labute approximate surface area is 230 Å². The van der Waals surface area contributed by atoms with E-state index in [0.29, 0.717) is 41.1 Å². The average Bonchev–Trinajstić information content (AvgIpc) is 3.35. The van der Waals surface area contributed by atoms with Crippen molar-refractivity contribution in [1.29, 1.82) is 0 Å². The number of ether oxygens (including phenoxy) is 1. The topological polar surface area (TPSA) is 63.5 Å². The smallest absolute Gasteiger partial charge is 0.435 e. The summed E-state index contributed by atoms with van der Waals surface area (Å²) >= 11 is 0. The number of piperidine rings is 1. The largest absolute Gasteiger partial charge is 0.497 e. The summed E-state index contributed by atoms with van der Waals surface area (Å²) in [7, 11) is 3.09. The average molecular weight is 550 g/mol. The van der Waals surface area contributed by atoms with Gasteiger partial charge < -0.3 is 9.64 Å². The molecular formula is C30H30F3N5O2. The molecule has 2 aliphatic heterocycles. The van der Waals surface area contributed by atoms with Crippen LogP contribution in [0.4, 0.5) is 18.9 Å². The molecule has 0 N–H and O–H groups in total. The van der Waals surface area contributed by atoms with Crippen molar-refractivity contribution < 1.29 is 22.7 Å². The van der Waals surface area contributed by atoms with Gasteiger partial charge in [-0.1, -0.05) is 18.6 Å². The van der Waals surface area contributed by atoms with Crippen molar-refractivity contribution in [3.05, 3.63) is 71.2 Å². The van der Waals surface area contributed by atoms with Crippen molar-refractivity contribution in [3.8, 4) is 16.9 Å². The number of hydrogen-bond acceptors (Lipinski definition) is 5. The molecule has 40 heavy (non-hydrogen) atoms. The van der Waals surface area contributed by atoms with Gasteiger partial charge in [-0.2, -0.15) is 18.3 Å². The molecule has 6 rings (SSSR count). The molecule has 0 saturated carbocycles. The number of carbonyl (C=O) groups is 1. The lowest BCUT2D eigenvalue weighted by molar-refractivity contribution is -0.140. The second-order valence-corrected chi connectivity index (χ2v) is 10.5. The highest BCUT2D eigenvalue weighted by Gasteiger charge is 2.39. The molecule has 1 amide bonds. The van der Waals surface area contributed by atoms with Gasteiger partial charge in [0.2, 0.25) is 0 Å². The number of benzene rings is 2. The quantitative estimate of drug-likeness (QED) is 0.313. The fourth-order valence-corrected chi connectivity index (χ4v) is 6.02. The lowest BCUT2D eigenvalue weighted by atomic mass is 9.90. The summed E-state index contributed by atoms with van der Waals surface area (Å²) in [5.41, 5.74) is 2.98. The molecule has 0 radical (unpaired) electrons. The zero-order chi connectivity index (χ0) is 28.0. The number of hydrogen-bond donors (Lipinski definition) is 0. The molecular weight excluding hydrogens is 519 g/mol. The molecule has 2 aromatic heterocycles. The molecule has 0 aliphatic carbocycles. The molecule has 7 nitrogen and oxygen atoms in total. The zero-order valence-corrected chi connectivity index (χ0v) is 22.5.